The molecule has 0 amide bonds. The normalized spacial score (nSPS) is 14.2. The molecule has 0 aliphatic heterocycles. The van der Waals surface area contributed by atoms with Gasteiger partial charge in [-0.15, -0.1) is 0 Å². The third kappa shape index (κ3) is 6.68. The van der Waals surface area contributed by atoms with E-state index in [-0.39, 0.29) is 5.78 Å². The first-order valence-electron chi connectivity index (χ1n) is 12.6. The van der Waals surface area contributed by atoms with Gasteiger partial charge in [0.05, 0.1) is 0 Å². The molecule has 35 heavy (non-hydrogen) atoms. The fourth-order valence-corrected chi connectivity index (χ4v) is 4.60. The second-order valence-corrected chi connectivity index (χ2v) is 9.27. The van der Waals surface area contributed by atoms with E-state index in [1.54, 1.807) is 0 Å². The van der Waals surface area contributed by atoms with Crippen LogP contribution in [0, 0.1) is 0 Å². The van der Waals surface area contributed by atoms with E-state index in [9.17, 15) is 4.79 Å². The summed E-state index contributed by atoms with van der Waals surface area (Å²) in [7, 11) is 2.14. The van der Waals surface area contributed by atoms with E-state index in [1.165, 1.54) is 11.1 Å². The zero-order valence-electron chi connectivity index (χ0n) is 21.2. The molecule has 3 aromatic carbocycles. The minimum atomic E-state index is 0.112. The van der Waals surface area contributed by atoms with Crippen molar-refractivity contribution in [2.45, 2.75) is 33.4 Å². The molecule has 4 heteroatoms. The van der Waals surface area contributed by atoms with Crippen molar-refractivity contribution in [1.29, 1.82) is 0 Å². The van der Waals surface area contributed by atoms with Gasteiger partial charge in [0.1, 0.15) is 12.4 Å². The van der Waals surface area contributed by atoms with Crippen molar-refractivity contribution < 1.29 is 9.53 Å². The van der Waals surface area contributed by atoms with E-state index < -0.39 is 0 Å². The average molecular weight is 469 g/mol. The summed E-state index contributed by atoms with van der Waals surface area (Å²) in [6, 6.07) is 25.0. The maximum Gasteiger partial charge on any atom is 0.189 e. The number of ketones is 1. The van der Waals surface area contributed by atoms with Crippen molar-refractivity contribution >= 4 is 11.9 Å². The molecule has 1 aliphatic rings. The van der Waals surface area contributed by atoms with Gasteiger partial charge < -0.3 is 9.64 Å². The number of benzene rings is 3. The number of Topliss-reactive ketones (excluding diaryl/α,β-unsaturated/α-hetero) is 1. The van der Waals surface area contributed by atoms with Crippen LogP contribution in [0.5, 0.6) is 5.75 Å². The first kappa shape index (κ1) is 24.9. The molecule has 0 bridgehead atoms. The summed E-state index contributed by atoms with van der Waals surface area (Å²) < 4.78 is 5.93. The summed E-state index contributed by atoms with van der Waals surface area (Å²) in [5.41, 5.74) is 6.33. The van der Waals surface area contributed by atoms with Crippen LogP contribution in [0.1, 0.15) is 46.5 Å². The Kier molecular flexibility index (Phi) is 8.51. The Morgan fingerprint density at radius 2 is 1.57 bits per heavy atom. The first-order valence-corrected chi connectivity index (χ1v) is 12.6. The van der Waals surface area contributed by atoms with Gasteiger partial charge in [0.2, 0.25) is 0 Å². The molecule has 0 unspecified atom stereocenters. The van der Waals surface area contributed by atoms with E-state index in [0.717, 1.165) is 60.7 Å². The largest absolute Gasteiger partial charge is 0.492 e. The molecule has 0 saturated heterocycles. The molecule has 0 radical (unpaired) electrons. The predicted octanol–water partition coefficient (Wildman–Crippen LogP) is 5.86. The predicted molar refractivity (Wildman–Crippen MR) is 144 cm³/mol. The SMILES string of the molecule is CCN(CC)CCOc1ccc2c(c1)C(=O)/C(=C/c1ccc(CN(C)Cc3ccccc3)cc1)C2. The van der Waals surface area contributed by atoms with Crippen molar-refractivity contribution in [3.63, 3.8) is 0 Å². The average Bonchev–Trinajstić information content (AvgIpc) is 3.18. The van der Waals surface area contributed by atoms with E-state index in [1.807, 2.05) is 30.3 Å². The Morgan fingerprint density at radius 3 is 2.26 bits per heavy atom. The molecule has 0 aromatic heterocycles. The Morgan fingerprint density at radius 1 is 0.886 bits per heavy atom. The van der Waals surface area contributed by atoms with Crippen LogP contribution in [-0.4, -0.2) is 48.9 Å². The number of hydrogen-bond donors (Lipinski definition) is 0. The number of rotatable bonds is 11. The van der Waals surface area contributed by atoms with Crippen molar-refractivity contribution in [2.75, 3.05) is 33.3 Å². The number of hydrogen-bond acceptors (Lipinski definition) is 4. The molecule has 0 heterocycles. The van der Waals surface area contributed by atoms with Crippen LogP contribution in [0.2, 0.25) is 0 Å². The first-order chi connectivity index (χ1) is 17.1. The van der Waals surface area contributed by atoms with Crippen LogP contribution in [0.15, 0.2) is 78.4 Å². The molecule has 0 fully saturated rings. The molecule has 0 spiro atoms. The molecule has 4 nitrogen and oxygen atoms in total. The van der Waals surface area contributed by atoms with Gasteiger partial charge in [0.15, 0.2) is 5.78 Å². The summed E-state index contributed by atoms with van der Waals surface area (Å²) in [4.78, 5) is 17.7. The van der Waals surface area contributed by atoms with Gasteiger partial charge in [0.25, 0.3) is 0 Å². The Hall–Kier alpha value is -3.21. The Balaban J connectivity index is 1.35. The number of likely N-dealkylation sites (N-methyl/N-ethyl adjacent to an activating group) is 1. The van der Waals surface area contributed by atoms with E-state index >= 15 is 0 Å². The zero-order valence-corrected chi connectivity index (χ0v) is 21.2. The highest BCUT2D eigenvalue weighted by Crippen LogP contribution is 2.31. The van der Waals surface area contributed by atoms with Crippen molar-refractivity contribution in [3.05, 3.63) is 106 Å². The van der Waals surface area contributed by atoms with Crippen LogP contribution in [0.25, 0.3) is 6.08 Å². The smallest absolute Gasteiger partial charge is 0.189 e. The maximum atomic E-state index is 13.1. The van der Waals surface area contributed by atoms with Crippen LogP contribution >= 0.6 is 0 Å². The fraction of sp³-hybridized carbons (Fsp3) is 0.323. The fourth-order valence-electron chi connectivity index (χ4n) is 4.60. The number of carbonyl (C=O) groups is 1. The Labute approximate surface area is 209 Å². The molecular formula is C31H36N2O2. The molecule has 182 valence electrons. The Bertz CT molecular complexity index is 1150. The van der Waals surface area contributed by atoms with Crippen molar-refractivity contribution in [1.82, 2.24) is 9.80 Å². The van der Waals surface area contributed by atoms with Gasteiger partial charge >= 0.3 is 0 Å². The van der Waals surface area contributed by atoms with Crippen molar-refractivity contribution in [2.24, 2.45) is 0 Å². The minimum absolute atomic E-state index is 0.112. The lowest BCUT2D eigenvalue weighted by molar-refractivity contribution is 0.104. The molecule has 0 atom stereocenters. The summed E-state index contributed by atoms with van der Waals surface area (Å²) >= 11 is 0. The monoisotopic (exact) mass is 468 g/mol. The van der Waals surface area contributed by atoms with Crippen LogP contribution in [-0.2, 0) is 19.5 Å². The van der Waals surface area contributed by atoms with Gasteiger partial charge in [-0.05, 0) is 60.6 Å². The minimum Gasteiger partial charge on any atom is -0.492 e. The zero-order chi connectivity index (χ0) is 24.6. The molecule has 0 saturated carbocycles. The number of ether oxygens (including phenoxy) is 1. The van der Waals surface area contributed by atoms with E-state index in [0.29, 0.717) is 13.0 Å². The highest BCUT2D eigenvalue weighted by Gasteiger charge is 2.25. The van der Waals surface area contributed by atoms with Crippen LogP contribution < -0.4 is 4.74 Å². The second kappa shape index (κ2) is 12.0. The number of carbonyl (C=O) groups excluding carboxylic acids is 1. The molecule has 3 aromatic rings. The lowest BCUT2D eigenvalue weighted by Gasteiger charge is -2.18. The summed E-state index contributed by atoms with van der Waals surface area (Å²) in [5.74, 6) is 0.885. The maximum absolute atomic E-state index is 13.1. The lowest BCUT2D eigenvalue weighted by atomic mass is 10.1. The third-order valence-corrected chi connectivity index (χ3v) is 6.64. The highest BCUT2D eigenvalue weighted by atomic mass is 16.5. The quantitative estimate of drug-likeness (QED) is 0.330. The van der Waals surface area contributed by atoms with E-state index in [2.05, 4.69) is 79.2 Å². The molecular weight excluding hydrogens is 432 g/mol. The van der Waals surface area contributed by atoms with Gasteiger partial charge in [-0.2, -0.15) is 0 Å². The van der Waals surface area contributed by atoms with Crippen LogP contribution in [0.4, 0.5) is 0 Å². The van der Waals surface area contributed by atoms with E-state index in [4.69, 9.17) is 4.74 Å². The number of fused-ring (bicyclic) bond motifs is 1. The molecule has 0 N–H and O–H groups in total. The third-order valence-electron chi connectivity index (χ3n) is 6.64. The molecule has 1 aliphatic carbocycles. The standard InChI is InChI=1S/C31H36N2O2/c1-4-33(5-2)17-18-35-29-16-15-27-20-28(31(34)30(27)21-29)19-24-11-13-26(14-12-24)23-32(3)22-25-9-7-6-8-10-25/h6-16,19,21H,4-5,17-18,20,22-23H2,1-3H3/b28-19+. The topological polar surface area (TPSA) is 32.8 Å². The summed E-state index contributed by atoms with van der Waals surface area (Å²) in [5, 5.41) is 0. The second-order valence-electron chi connectivity index (χ2n) is 9.27. The van der Waals surface area contributed by atoms with Gasteiger partial charge in [-0.3, -0.25) is 9.69 Å². The number of allylic oxidation sites excluding steroid dienone is 1. The lowest BCUT2D eigenvalue weighted by Crippen LogP contribution is -2.27. The summed E-state index contributed by atoms with van der Waals surface area (Å²) in [6.45, 7) is 9.66. The number of nitrogens with zero attached hydrogens (tertiary/aromatic N) is 2. The highest BCUT2D eigenvalue weighted by molar-refractivity contribution is 6.15. The van der Waals surface area contributed by atoms with Gasteiger partial charge in [-0.1, -0.05) is 74.5 Å². The van der Waals surface area contributed by atoms with Crippen molar-refractivity contribution in [3.8, 4) is 5.75 Å². The van der Waals surface area contributed by atoms with Crippen LogP contribution in [0.3, 0.4) is 0 Å². The van der Waals surface area contributed by atoms with Gasteiger partial charge in [-0.25, -0.2) is 0 Å². The molecule has 4 rings (SSSR count). The van der Waals surface area contributed by atoms with Gasteiger partial charge in [0, 0.05) is 37.2 Å². The summed E-state index contributed by atoms with van der Waals surface area (Å²) in [6.07, 6.45) is 2.70.